The highest BCUT2D eigenvalue weighted by Gasteiger charge is 2.30. The van der Waals surface area contributed by atoms with Gasteiger partial charge in [0.1, 0.15) is 16.0 Å². The Labute approximate surface area is 263 Å². The van der Waals surface area contributed by atoms with Gasteiger partial charge in [-0.1, -0.05) is 84.9 Å². The molecule has 3 aromatic carbocycles. The number of amides is 2. The molecule has 0 saturated heterocycles. The van der Waals surface area contributed by atoms with Crippen molar-refractivity contribution in [3.05, 3.63) is 82.9 Å². The zero-order chi connectivity index (χ0) is 31.4. The molecule has 1 heterocycles. The van der Waals surface area contributed by atoms with Gasteiger partial charge in [-0.15, -0.1) is 23.1 Å². The zero-order valence-corrected chi connectivity index (χ0v) is 27.8. The highest BCUT2D eigenvalue weighted by molar-refractivity contribution is 8.00. The van der Waals surface area contributed by atoms with Crippen molar-refractivity contribution in [3.8, 4) is 5.75 Å². The third-order valence-electron chi connectivity index (χ3n) is 8.37. The van der Waals surface area contributed by atoms with Crippen LogP contribution < -0.4 is 15.8 Å². The summed E-state index contributed by atoms with van der Waals surface area (Å²) in [5.41, 5.74) is 9.56. The number of para-hydroxylation sites is 2. The number of rotatable bonds is 13. The van der Waals surface area contributed by atoms with Crippen LogP contribution in [0.25, 0.3) is 10.2 Å². The molecule has 0 bridgehead atoms. The standard InChI is InChI=1S/C35H43N3O3S2/c1-8-26(41-27-20-19-22(34(4,5)9-2)21-23(27)35(6,7)10-3)32(40)37-24-15-11-13-17-28(24)42-30(31(36)39)33-38-25-16-12-14-18-29(25)43-33/h11-21,26,30H,8-10H2,1-7H3,(H2,36,39)(H,37,40). The SMILES string of the molecule is CCC(Oc1ccc(C(C)(C)CC)cc1C(C)(C)CC)C(=O)Nc1ccccc1SC(C(N)=O)c1nc2ccccc2s1. The lowest BCUT2D eigenvalue weighted by Gasteiger charge is -2.31. The minimum Gasteiger partial charge on any atom is -0.480 e. The smallest absolute Gasteiger partial charge is 0.265 e. The van der Waals surface area contributed by atoms with Crippen LogP contribution in [0, 0.1) is 0 Å². The fourth-order valence-corrected chi connectivity index (χ4v) is 6.87. The first-order chi connectivity index (χ1) is 20.4. The number of carbonyl (C=O) groups excluding carboxylic acids is 2. The normalized spacial score (nSPS) is 13.5. The van der Waals surface area contributed by atoms with Gasteiger partial charge in [0.2, 0.25) is 5.91 Å². The molecular formula is C35H43N3O3S2. The van der Waals surface area contributed by atoms with Gasteiger partial charge in [-0.05, 0) is 66.0 Å². The van der Waals surface area contributed by atoms with Crippen molar-refractivity contribution in [3.63, 3.8) is 0 Å². The van der Waals surface area contributed by atoms with Crippen LogP contribution in [0.5, 0.6) is 5.75 Å². The van der Waals surface area contributed by atoms with Crippen LogP contribution in [0.1, 0.15) is 89.1 Å². The first-order valence-corrected chi connectivity index (χ1v) is 16.6. The second-order valence-corrected chi connectivity index (χ2v) is 14.3. The molecular weight excluding hydrogens is 575 g/mol. The van der Waals surface area contributed by atoms with Gasteiger partial charge in [0.25, 0.3) is 5.91 Å². The van der Waals surface area contributed by atoms with Crippen molar-refractivity contribution in [2.45, 2.75) is 94.8 Å². The van der Waals surface area contributed by atoms with Crippen molar-refractivity contribution in [1.29, 1.82) is 0 Å². The van der Waals surface area contributed by atoms with Gasteiger partial charge >= 0.3 is 0 Å². The van der Waals surface area contributed by atoms with Gasteiger partial charge in [0.05, 0.1) is 15.9 Å². The highest BCUT2D eigenvalue weighted by atomic mass is 32.2. The van der Waals surface area contributed by atoms with E-state index in [-0.39, 0.29) is 16.7 Å². The molecule has 0 aliphatic heterocycles. The second-order valence-electron chi connectivity index (χ2n) is 12.1. The first-order valence-electron chi connectivity index (χ1n) is 14.9. The molecule has 2 atom stereocenters. The number of nitrogens with two attached hydrogens (primary N) is 1. The minimum atomic E-state index is -0.703. The molecule has 43 heavy (non-hydrogen) atoms. The summed E-state index contributed by atoms with van der Waals surface area (Å²) in [6.07, 6.45) is 1.74. The number of carbonyl (C=O) groups is 2. The van der Waals surface area contributed by atoms with Crippen LogP contribution in [0.4, 0.5) is 5.69 Å². The molecule has 228 valence electrons. The van der Waals surface area contributed by atoms with E-state index in [9.17, 15) is 9.59 Å². The number of aromatic nitrogens is 1. The lowest BCUT2D eigenvalue weighted by atomic mass is 9.76. The Morgan fingerprint density at radius 3 is 2.28 bits per heavy atom. The number of nitrogens with one attached hydrogen (secondary N) is 1. The van der Waals surface area contributed by atoms with Gasteiger partial charge < -0.3 is 15.8 Å². The van der Waals surface area contributed by atoms with Crippen molar-refractivity contribution in [1.82, 2.24) is 4.98 Å². The van der Waals surface area contributed by atoms with E-state index < -0.39 is 17.3 Å². The van der Waals surface area contributed by atoms with E-state index in [0.29, 0.717) is 17.1 Å². The third-order valence-corrected chi connectivity index (χ3v) is 10.9. The number of anilines is 1. The van der Waals surface area contributed by atoms with E-state index in [2.05, 4.69) is 64.0 Å². The van der Waals surface area contributed by atoms with Crippen LogP contribution in [-0.2, 0) is 20.4 Å². The molecule has 6 nitrogen and oxygen atoms in total. The fourth-order valence-electron chi connectivity index (χ4n) is 4.70. The van der Waals surface area contributed by atoms with Crippen LogP contribution in [0.3, 0.4) is 0 Å². The predicted molar refractivity (Wildman–Crippen MR) is 180 cm³/mol. The summed E-state index contributed by atoms with van der Waals surface area (Å²) in [5, 5.41) is 3.01. The number of ether oxygens (including phenoxy) is 1. The molecule has 0 fully saturated rings. The van der Waals surface area contributed by atoms with E-state index in [1.54, 1.807) is 0 Å². The highest BCUT2D eigenvalue weighted by Crippen LogP contribution is 2.42. The summed E-state index contributed by atoms with van der Waals surface area (Å²) < 4.78 is 7.47. The Balaban J connectivity index is 1.59. The molecule has 4 aromatic rings. The van der Waals surface area contributed by atoms with E-state index in [1.807, 2.05) is 61.5 Å². The van der Waals surface area contributed by atoms with Gasteiger partial charge in [0, 0.05) is 10.5 Å². The quantitative estimate of drug-likeness (QED) is 0.146. The number of hydrogen-bond donors (Lipinski definition) is 2. The Hall–Kier alpha value is -3.36. The van der Waals surface area contributed by atoms with Gasteiger partial charge in [-0.2, -0.15) is 0 Å². The van der Waals surface area contributed by atoms with Crippen LogP contribution >= 0.6 is 23.1 Å². The number of thioether (sulfide) groups is 1. The predicted octanol–water partition coefficient (Wildman–Crippen LogP) is 8.79. The molecule has 2 amide bonds. The summed E-state index contributed by atoms with van der Waals surface area (Å²) >= 11 is 2.74. The lowest BCUT2D eigenvalue weighted by molar-refractivity contribution is -0.123. The Kier molecular flexibility index (Phi) is 10.2. The van der Waals surface area contributed by atoms with Gasteiger partial charge in [0.15, 0.2) is 6.10 Å². The molecule has 0 aliphatic rings. The fraction of sp³-hybridized carbons (Fsp3) is 0.400. The summed E-state index contributed by atoms with van der Waals surface area (Å²) in [6, 6.07) is 21.6. The number of nitrogens with zero attached hydrogens (tertiary/aromatic N) is 1. The summed E-state index contributed by atoms with van der Waals surface area (Å²) in [7, 11) is 0. The molecule has 0 aliphatic carbocycles. The number of hydrogen-bond acceptors (Lipinski definition) is 6. The maximum absolute atomic E-state index is 13.7. The molecule has 4 rings (SSSR count). The number of fused-ring (bicyclic) bond motifs is 1. The Morgan fingerprint density at radius 1 is 0.953 bits per heavy atom. The van der Waals surface area contributed by atoms with E-state index in [0.717, 1.165) is 39.3 Å². The van der Waals surface area contributed by atoms with Crippen molar-refractivity contribution < 1.29 is 14.3 Å². The van der Waals surface area contributed by atoms with Crippen LogP contribution in [-0.4, -0.2) is 22.9 Å². The van der Waals surface area contributed by atoms with Gasteiger partial charge in [-0.25, -0.2) is 4.98 Å². The Bertz CT molecular complexity index is 1560. The molecule has 3 N–H and O–H groups in total. The van der Waals surface area contributed by atoms with Crippen molar-refractivity contribution in [2.75, 3.05) is 5.32 Å². The monoisotopic (exact) mass is 617 g/mol. The maximum atomic E-state index is 13.7. The number of primary amides is 1. The molecule has 8 heteroatoms. The third kappa shape index (κ3) is 7.42. The minimum absolute atomic E-state index is 0.0359. The second kappa shape index (κ2) is 13.5. The van der Waals surface area contributed by atoms with Crippen LogP contribution in [0.15, 0.2) is 71.6 Å². The van der Waals surface area contributed by atoms with Gasteiger partial charge in [-0.3, -0.25) is 9.59 Å². The van der Waals surface area contributed by atoms with E-state index in [4.69, 9.17) is 10.5 Å². The largest absolute Gasteiger partial charge is 0.480 e. The average Bonchev–Trinajstić information content (AvgIpc) is 3.43. The number of benzene rings is 3. The van der Waals surface area contributed by atoms with E-state index >= 15 is 0 Å². The average molecular weight is 618 g/mol. The summed E-state index contributed by atoms with van der Waals surface area (Å²) in [6.45, 7) is 15.3. The molecule has 1 aromatic heterocycles. The molecule has 0 spiro atoms. The molecule has 0 saturated carbocycles. The van der Waals surface area contributed by atoms with Crippen molar-refractivity contribution >= 4 is 50.8 Å². The lowest BCUT2D eigenvalue weighted by Crippen LogP contribution is -2.33. The Morgan fingerprint density at radius 2 is 1.63 bits per heavy atom. The zero-order valence-electron chi connectivity index (χ0n) is 26.2. The first kappa shape index (κ1) is 32.6. The van der Waals surface area contributed by atoms with E-state index in [1.165, 1.54) is 28.7 Å². The topological polar surface area (TPSA) is 94.3 Å². The molecule has 0 radical (unpaired) electrons. The molecule has 2 unspecified atom stereocenters. The maximum Gasteiger partial charge on any atom is 0.265 e. The summed E-state index contributed by atoms with van der Waals surface area (Å²) in [5.74, 6) is 0.00175. The summed E-state index contributed by atoms with van der Waals surface area (Å²) in [4.78, 5) is 31.6. The van der Waals surface area contributed by atoms with Crippen molar-refractivity contribution in [2.24, 2.45) is 5.73 Å². The van der Waals surface area contributed by atoms with Crippen LogP contribution in [0.2, 0.25) is 0 Å². The number of thiazole rings is 1.